The summed E-state index contributed by atoms with van der Waals surface area (Å²) in [5.41, 5.74) is 0. The highest BCUT2D eigenvalue weighted by atomic mass is 16.4. The van der Waals surface area contributed by atoms with Crippen molar-refractivity contribution in [3.8, 4) is 0 Å². The van der Waals surface area contributed by atoms with E-state index in [9.17, 15) is 4.79 Å². The number of nitrogens with zero attached hydrogens (tertiary/aromatic N) is 2. The zero-order valence-corrected chi connectivity index (χ0v) is 12.5. The number of hydrogen-bond acceptors (Lipinski definition) is 3. The monoisotopic (exact) mass is 268 g/mol. The molecule has 0 aliphatic carbocycles. The number of carbonyl (C=O) groups is 1. The number of piperidine rings is 2. The van der Waals surface area contributed by atoms with E-state index in [2.05, 4.69) is 30.6 Å². The fourth-order valence-electron chi connectivity index (χ4n) is 3.69. The van der Waals surface area contributed by atoms with E-state index in [0.29, 0.717) is 18.1 Å². The molecule has 2 saturated heterocycles. The summed E-state index contributed by atoms with van der Waals surface area (Å²) in [5.74, 6) is -0.733. The molecule has 4 heteroatoms. The van der Waals surface area contributed by atoms with Gasteiger partial charge in [-0.1, -0.05) is 0 Å². The molecule has 0 radical (unpaired) electrons. The van der Waals surface area contributed by atoms with Crippen LogP contribution in [0.15, 0.2) is 0 Å². The molecule has 4 nitrogen and oxygen atoms in total. The maximum atomic E-state index is 11.1. The van der Waals surface area contributed by atoms with Gasteiger partial charge in [0.05, 0.1) is 5.92 Å². The molecule has 1 N–H and O–H groups in total. The van der Waals surface area contributed by atoms with Crippen LogP contribution in [-0.2, 0) is 4.79 Å². The minimum absolute atomic E-state index is 0.123. The van der Waals surface area contributed by atoms with E-state index < -0.39 is 5.97 Å². The van der Waals surface area contributed by atoms with Gasteiger partial charge in [0.15, 0.2) is 0 Å². The number of hydrogen-bond donors (Lipinski definition) is 1. The first-order valence-electron chi connectivity index (χ1n) is 7.71. The molecule has 0 saturated carbocycles. The first kappa shape index (κ1) is 14.8. The standard InChI is InChI=1S/C15H28N2O2/c1-11(2)16-7-5-14(6-8-16)17-9-4-13(15(18)19)10-12(17)3/h11-14H,4-10H2,1-3H3,(H,18,19). The van der Waals surface area contributed by atoms with Crippen LogP contribution in [0.2, 0.25) is 0 Å². The summed E-state index contributed by atoms with van der Waals surface area (Å²) in [4.78, 5) is 16.2. The molecule has 2 rings (SSSR count). The second-order valence-electron chi connectivity index (χ2n) is 6.51. The average molecular weight is 268 g/mol. The molecule has 19 heavy (non-hydrogen) atoms. The van der Waals surface area contributed by atoms with Crippen LogP contribution in [0, 0.1) is 5.92 Å². The highest BCUT2D eigenvalue weighted by Crippen LogP contribution is 2.28. The van der Waals surface area contributed by atoms with Crippen molar-refractivity contribution in [2.24, 2.45) is 5.92 Å². The smallest absolute Gasteiger partial charge is 0.306 e. The normalized spacial score (nSPS) is 31.8. The molecule has 110 valence electrons. The van der Waals surface area contributed by atoms with Crippen molar-refractivity contribution in [1.82, 2.24) is 9.80 Å². The highest BCUT2D eigenvalue weighted by Gasteiger charge is 2.34. The van der Waals surface area contributed by atoms with Crippen LogP contribution in [0.25, 0.3) is 0 Å². The van der Waals surface area contributed by atoms with E-state index in [1.54, 1.807) is 0 Å². The van der Waals surface area contributed by atoms with E-state index >= 15 is 0 Å². The summed E-state index contributed by atoms with van der Waals surface area (Å²) in [7, 11) is 0. The maximum absolute atomic E-state index is 11.1. The fourth-order valence-corrected chi connectivity index (χ4v) is 3.69. The third-order valence-electron chi connectivity index (χ3n) is 4.98. The van der Waals surface area contributed by atoms with Crippen LogP contribution in [0.4, 0.5) is 0 Å². The van der Waals surface area contributed by atoms with Gasteiger partial charge in [-0.05, 0) is 66.1 Å². The highest BCUT2D eigenvalue weighted by molar-refractivity contribution is 5.70. The van der Waals surface area contributed by atoms with Gasteiger partial charge in [-0.15, -0.1) is 0 Å². The van der Waals surface area contributed by atoms with Gasteiger partial charge in [0.1, 0.15) is 0 Å². The second kappa shape index (κ2) is 6.23. The van der Waals surface area contributed by atoms with E-state index in [0.717, 1.165) is 19.4 Å². The first-order chi connectivity index (χ1) is 8.99. The summed E-state index contributed by atoms with van der Waals surface area (Å²) in [6.07, 6.45) is 4.12. The van der Waals surface area contributed by atoms with Gasteiger partial charge in [0.25, 0.3) is 0 Å². The van der Waals surface area contributed by atoms with Crippen LogP contribution in [0.1, 0.15) is 46.5 Å². The molecule has 2 aliphatic rings. The van der Waals surface area contributed by atoms with Crippen molar-refractivity contribution in [2.45, 2.75) is 64.6 Å². The predicted molar refractivity (Wildman–Crippen MR) is 76.3 cm³/mol. The quantitative estimate of drug-likeness (QED) is 0.851. The molecule has 0 aromatic carbocycles. The molecule has 0 spiro atoms. The lowest BCUT2D eigenvalue weighted by Crippen LogP contribution is -2.52. The second-order valence-corrected chi connectivity index (χ2v) is 6.51. The van der Waals surface area contributed by atoms with Crippen molar-refractivity contribution in [1.29, 1.82) is 0 Å². The van der Waals surface area contributed by atoms with E-state index in [4.69, 9.17) is 5.11 Å². The third kappa shape index (κ3) is 3.48. The number of likely N-dealkylation sites (tertiary alicyclic amines) is 2. The Morgan fingerprint density at radius 2 is 1.79 bits per heavy atom. The molecule has 2 fully saturated rings. The van der Waals surface area contributed by atoms with Gasteiger partial charge >= 0.3 is 5.97 Å². The van der Waals surface area contributed by atoms with E-state index in [1.165, 1.54) is 25.9 Å². The number of rotatable bonds is 3. The molecule has 2 aliphatic heterocycles. The maximum Gasteiger partial charge on any atom is 0.306 e. The van der Waals surface area contributed by atoms with Gasteiger partial charge in [0.2, 0.25) is 0 Å². The zero-order valence-electron chi connectivity index (χ0n) is 12.5. The summed E-state index contributed by atoms with van der Waals surface area (Å²) in [6.45, 7) is 10.1. The summed E-state index contributed by atoms with van der Waals surface area (Å²) < 4.78 is 0. The van der Waals surface area contributed by atoms with Gasteiger partial charge < -0.3 is 10.0 Å². The first-order valence-corrected chi connectivity index (χ1v) is 7.71. The van der Waals surface area contributed by atoms with Crippen molar-refractivity contribution < 1.29 is 9.90 Å². The Bertz CT molecular complexity index is 311. The molecular weight excluding hydrogens is 240 g/mol. The average Bonchev–Trinajstić information content (AvgIpc) is 2.38. The number of carboxylic acids is 1. The van der Waals surface area contributed by atoms with Gasteiger partial charge in [-0.3, -0.25) is 9.69 Å². The van der Waals surface area contributed by atoms with Crippen molar-refractivity contribution in [2.75, 3.05) is 19.6 Å². The molecule has 0 aromatic heterocycles. The summed E-state index contributed by atoms with van der Waals surface area (Å²) in [5, 5.41) is 9.12. The summed E-state index contributed by atoms with van der Waals surface area (Å²) >= 11 is 0. The van der Waals surface area contributed by atoms with E-state index in [-0.39, 0.29) is 5.92 Å². The SMILES string of the molecule is CC(C)N1CCC(N2CCC(C(=O)O)CC2C)CC1. The lowest BCUT2D eigenvalue weighted by Gasteiger charge is -2.45. The summed E-state index contributed by atoms with van der Waals surface area (Å²) in [6, 6.07) is 1.74. The van der Waals surface area contributed by atoms with Crippen molar-refractivity contribution in [3.05, 3.63) is 0 Å². The lowest BCUT2D eigenvalue weighted by atomic mass is 9.88. The molecule has 2 heterocycles. The minimum Gasteiger partial charge on any atom is -0.481 e. The minimum atomic E-state index is -0.610. The molecule has 2 atom stereocenters. The van der Waals surface area contributed by atoms with Gasteiger partial charge in [-0.2, -0.15) is 0 Å². The largest absolute Gasteiger partial charge is 0.481 e. The number of carboxylic acid groups (broad SMARTS) is 1. The van der Waals surface area contributed by atoms with Gasteiger partial charge in [0, 0.05) is 18.1 Å². The Balaban J connectivity index is 1.85. The molecular formula is C15H28N2O2. The number of aliphatic carboxylic acids is 1. The Morgan fingerprint density at radius 1 is 1.16 bits per heavy atom. The third-order valence-corrected chi connectivity index (χ3v) is 4.98. The fraction of sp³-hybridized carbons (Fsp3) is 0.933. The zero-order chi connectivity index (χ0) is 14.0. The van der Waals surface area contributed by atoms with Crippen LogP contribution < -0.4 is 0 Å². The Morgan fingerprint density at radius 3 is 2.26 bits per heavy atom. The van der Waals surface area contributed by atoms with Crippen molar-refractivity contribution >= 4 is 5.97 Å². The van der Waals surface area contributed by atoms with Gasteiger partial charge in [-0.25, -0.2) is 0 Å². The van der Waals surface area contributed by atoms with Crippen LogP contribution in [-0.4, -0.2) is 58.6 Å². The van der Waals surface area contributed by atoms with Crippen molar-refractivity contribution in [3.63, 3.8) is 0 Å². The molecule has 2 unspecified atom stereocenters. The Kier molecular flexibility index (Phi) is 4.85. The molecule has 0 aromatic rings. The molecule has 0 amide bonds. The lowest BCUT2D eigenvalue weighted by molar-refractivity contribution is -0.144. The predicted octanol–water partition coefficient (Wildman–Crippen LogP) is 2.04. The topological polar surface area (TPSA) is 43.8 Å². The Hall–Kier alpha value is -0.610. The molecule has 0 bridgehead atoms. The van der Waals surface area contributed by atoms with E-state index in [1.807, 2.05) is 0 Å². The van der Waals surface area contributed by atoms with Crippen LogP contribution >= 0.6 is 0 Å². The Labute approximate surface area is 116 Å². The van der Waals surface area contributed by atoms with Crippen LogP contribution in [0.3, 0.4) is 0 Å². The van der Waals surface area contributed by atoms with Crippen LogP contribution in [0.5, 0.6) is 0 Å².